The van der Waals surface area contributed by atoms with Gasteiger partial charge in [0.05, 0.1) is 5.56 Å². The van der Waals surface area contributed by atoms with Crippen LogP contribution in [0.15, 0.2) is 18.2 Å². The van der Waals surface area contributed by atoms with Crippen molar-refractivity contribution >= 4 is 17.5 Å². The number of rotatable bonds is 4. The second-order valence-corrected chi connectivity index (χ2v) is 3.98. The zero-order valence-electron chi connectivity index (χ0n) is 10.4. The van der Waals surface area contributed by atoms with Crippen LogP contribution in [0.2, 0.25) is 0 Å². The van der Waals surface area contributed by atoms with Crippen molar-refractivity contribution < 1.29 is 14.0 Å². The van der Waals surface area contributed by atoms with Gasteiger partial charge in [0.15, 0.2) is 0 Å². The SMILES string of the molecule is CN(C)C(=O)c1cc(NC(=O)CCN)ccc1F. The van der Waals surface area contributed by atoms with Crippen LogP contribution in [-0.4, -0.2) is 37.4 Å². The number of benzene rings is 1. The van der Waals surface area contributed by atoms with Gasteiger partial charge in [-0.05, 0) is 18.2 Å². The topological polar surface area (TPSA) is 75.4 Å². The molecule has 0 spiro atoms. The summed E-state index contributed by atoms with van der Waals surface area (Å²) in [5.41, 5.74) is 5.54. The molecule has 3 N–H and O–H groups in total. The quantitative estimate of drug-likeness (QED) is 0.834. The Morgan fingerprint density at radius 1 is 1.39 bits per heavy atom. The molecular weight excluding hydrogens is 237 g/mol. The summed E-state index contributed by atoms with van der Waals surface area (Å²) in [7, 11) is 3.06. The third-order valence-electron chi connectivity index (χ3n) is 2.26. The molecule has 6 heteroatoms. The van der Waals surface area contributed by atoms with Gasteiger partial charge in [0, 0.05) is 32.7 Å². The summed E-state index contributed by atoms with van der Waals surface area (Å²) in [4.78, 5) is 24.3. The van der Waals surface area contributed by atoms with Gasteiger partial charge < -0.3 is 16.0 Å². The third kappa shape index (κ3) is 3.53. The van der Waals surface area contributed by atoms with E-state index in [1.807, 2.05) is 0 Å². The number of nitrogens with one attached hydrogen (secondary N) is 1. The zero-order chi connectivity index (χ0) is 13.7. The highest BCUT2D eigenvalue weighted by Gasteiger charge is 2.14. The minimum Gasteiger partial charge on any atom is -0.345 e. The molecule has 0 heterocycles. The standard InChI is InChI=1S/C12H16FN3O2/c1-16(2)12(18)9-7-8(3-4-10(9)13)15-11(17)5-6-14/h3-4,7H,5-6,14H2,1-2H3,(H,15,17). The number of hydrogen-bond acceptors (Lipinski definition) is 3. The number of halogens is 1. The second-order valence-electron chi connectivity index (χ2n) is 3.98. The lowest BCUT2D eigenvalue weighted by molar-refractivity contribution is -0.116. The first kappa shape index (κ1) is 14.1. The summed E-state index contributed by atoms with van der Waals surface area (Å²) < 4.78 is 13.5. The van der Waals surface area contributed by atoms with Gasteiger partial charge in [-0.15, -0.1) is 0 Å². The van der Waals surface area contributed by atoms with Crippen LogP contribution in [0.25, 0.3) is 0 Å². The average molecular weight is 253 g/mol. The first-order valence-corrected chi connectivity index (χ1v) is 5.47. The lowest BCUT2D eigenvalue weighted by atomic mass is 10.1. The molecular formula is C12H16FN3O2. The molecule has 0 unspecified atom stereocenters. The monoisotopic (exact) mass is 253 g/mol. The van der Waals surface area contributed by atoms with Gasteiger partial charge in [0.25, 0.3) is 5.91 Å². The van der Waals surface area contributed by atoms with E-state index in [4.69, 9.17) is 5.73 Å². The Balaban J connectivity index is 2.94. The van der Waals surface area contributed by atoms with Gasteiger partial charge in [0.2, 0.25) is 5.91 Å². The normalized spacial score (nSPS) is 10.0. The van der Waals surface area contributed by atoms with Crippen LogP contribution in [0.3, 0.4) is 0 Å². The number of nitrogens with zero attached hydrogens (tertiary/aromatic N) is 1. The van der Waals surface area contributed by atoms with E-state index in [9.17, 15) is 14.0 Å². The maximum absolute atomic E-state index is 13.5. The van der Waals surface area contributed by atoms with Gasteiger partial charge in [0.1, 0.15) is 5.82 Å². The van der Waals surface area contributed by atoms with Crippen LogP contribution >= 0.6 is 0 Å². The Labute approximate surface area is 105 Å². The molecule has 0 fully saturated rings. The Morgan fingerprint density at radius 3 is 2.61 bits per heavy atom. The van der Waals surface area contributed by atoms with E-state index in [1.165, 1.54) is 31.1 Å². The van der Waals surface area contributed by atoms with Gasteiger partial charge in [-0.25, -0.2) is 4.39 Å². The first-order valence-electron chi connectivity index (χ1n) is 5.47. The van der Waals surface area contributed by atoms with E-state index in [1.54, 1.807) is 0 Å². The number of amides is 2. The number of hydrogen-bond donors (Lipinski definition) is 2. The predicted molar refractivity (Wildman–Crippen MR) is 66.7 cm³/mol. The van der Waals surface area contributed by atoms with Crippen molar-refractivity contribution in [3.05, 3.63) is 29.6 Å². The van der Waals surface area contributed by atoms with E-state index in [0.29, 0.717) is 5.69 Å². The Hall–Kier alpha value is -1.95. The van der Waals surface area contributed by atoms with Gasteiger partial charge in [-0.3, -0.25) is 9.59 Å². The Morgan fingerprint density at radius 2 is 2.06 bits per heavy atom. The van der Waals surface area contributed by atoms with E-state index in [-0.39, 0.29) is 24.4 Å². The number of carbonyl (C=O) groups excluding carboxylic acids is 2. The molecule has 2 amide bonds. The molecule has 0 aliphatic rings. The van der Waals surface area contributed by atoms with Crippen molar-refractivity contribution in [2.24, 2.45) is 5.73 Å². The first-order chi connectivity index (χ1) is 8.45. The summed E-state index contributed by atoms with van der Waals surface area (Å²) in [6, 6.07) is 3.86. The summed E-state index contributed by atoms with van der Waals surface area (Å²) in [5.74, 6) is -1.35. The van der Waals surface area contributed by atoms with Gasteiger partial charge >= 0.3 is 0 Å². The highest BCUT2D eigenvalue weighted by Crippen LogP contribution is 2.16. The lowest BCUT2D eigenvalue weighted by Crippen LogP contribution is -2.23. The van der Waals surface area contributed by atoms with Crippen molar-refractivity contribution in [3.63, 3.8) is 0 Å². The van der Waals surface area contributed by atoms with Crippen molar-refractivity contribution in [2.75, 3.05) is 26.0 Å². The molecule has 1 rings (SSSR count). The average Bonchev–Trinajstić information content (AvgIpc) is 2.31. The van der Waals surface area contributed by atoms with Crippen LogP contribution in [0.5, 0.6) is 0 Å². The molecule has 0 saturated heterocycles. The summed E-state index contributed by atoms with van der Waals surface area (Å²) >= 11 is 0. The fourth-order valence-corrected chi connectivity index (χ4v) is 1.36. The van der Waals surface area contributed by atoms with E-state index >= 15 is 0 Å². The molecule has 98 valence electrons. The summed E-state index contributed by atoms with van der Waals surface area (Å²) in [6.45, 7) is 0.233. The molecule has 5 nitrogen and oxygen atoms in total. The maximum Gasteiger partial charge on any atom is 0.256 e. The molecule has 0 aliphatic carbocycles. The zero-order valence-corrected chi connectivity index (χ0v) is 10.4. The Bertz CT molecular complexity index is 461. The van der Waals surface area contributed by atoms with Crippen molar-refractivity contribution in [2.45, 2.75) is 6.42 Å². The molecule has 0 atom stereocenters. The number of carbonyl (C=O) groups is 2. The van der Waals surface area contributed by atoms with E-state index in [2.05, 4.69) is 5.32 Å². The predicted octanol–water partition coefficient (Wildman–Crippen LogP) is 0.815. The highest BCUT2D eigenvalue weighted by molar-refractivity contribution is 5.97. The third-order valence-corrected chi connectivity index (χ3v) is 2.26. The van der Waals surface area contributed by atoms with E-state index in [0.717, 1.165) is 6.07 Å². The maximum atomic E-state index is 13.5. The molecule has 0 saturated carbocycles. The molecule has 1 aromatic carbocycles. The van der Waals surface area contributed by atoms with Gasteiger partial charge in [-0.1, -0.05) is 0 Å². The van der Waals surface area contributed by atoms with Crippen LogP contribution in [-0.2, 0) is 4.79 Å². The molecule has 0 bridgehead atoms. The minimum absolute atomic E-state index is 0.0782. The van der Waals surface area contributed by atoms with E-state index < -0.39 is 11.7 Å². The van der Waals surface area contributed by atoms with Crippen molar-refractivity contribution in [1.29, 1.82) is 0 Å². The van der Waals surface area contributed by atoms with Crippen molar-refractivity contribution in [3.8, 4) is 0 Å². The Kier molecular flexibility index (Phi) is 4.79. The van der Waals surface area contributed by atoms with Crippen LogP contribution in [0.1, 0.15) is 16.8 Å². The summed E-state index contributed by atoms with van der Waals surface area (Å²) in [6.07, 6.45) is 0.175. The summed E-state index contributed by atoms with van der Waals surface area (Å²) in [5, 5.41) is 2.55. The smallest absolute Gasteiger partial charge is 0.256 e. The largest absolute Gasteiger partial charge is 0.345 e. The molecule has 0 aliphatic heterocycles. The molecule has 0 radical (unpaired) electrons. The van der Waals surface area contributed by atoms with Crippen LogP contribution in [0.4, 0.5) is 10.1 Å². The number of nitrogens with two attached hydrogens (primary N) is 1. The van der Waals surface area contributed by atoms with Crippen LogP contribution < -0.4 is 11.1 Å². The minimum atomic E-state index is -0.620. The van der Waals surface area contributed by atoms with Crippen molar-refractivity contribution in [1.82, 2.24) is 4.90 Å². The molecule has 18 heavy (non-hydrogen) atoms. The van der Waals surface area contributed by atoms with Gasteiger partial charge in [-0.2, -0.15) is 0 Å². The fraction of sp³-hybridized carbons (Fsp3) is 0.333. The molecule has 1 aromatic rings. The highest BCUT2D eigenvalue weighted by atomic mass is 19.1. The number of anilines is 1. The second kappa shape index (κ2) is 6.11. The van der Waals surface area contributed by atoms with Crippen LogP contribution in [0, 0.1) is 5.82 Å². The fourth-order valence-electron chi connectivity index (χ4n) is 1.36. The lowest BCUT2D eigenvalue weighted by Gasteiger charge is -2.12. The molecule has 0 aromatic heterocycles.